The van der Waals surface area contributed by atoms with Crippen molar-refractivity contribution in [2.45, 2.75) is 13.5 Å². The van der Waals surface area contributed by atoms with Crippen molar-refractivity contribution in [2.75, 3.05) is 11.9 Å². The predicted octanol–water partition coefficient (Wildman–Crippen LogP) is 5.20. The highest BCUT2D eigenvalue weighted by atomic mass is 35.5. The molecule has 0 aliphatic carbocycles. The van der Waals surface area contributed by atoms with Gasteiger partial charge in [-0.25, -0.2) is 4.79 Å². The van der Waals surface area contributed by atoms with E-state index in [2.05, 4.69) is 5.32 Å². The number of benzene rings is 3. The third kappa shape index (κ3) is 3.69. The number of carboxylic acid groups (broad SMARTS) is 1. The first-order valence-corrected chi connectivity index (χ1v) is 8.38. The van der Waals surface area contributed by atoms with E-state index >= 15 is 0 Å². The van der Waals surface area contributed by atoms with Gasteiger partial charge >= 0.3 is 5.97 Å². The first-order chi connectivity index (χ1) is 12.1. The zero-order chi connectivity index (χ0) is 17.8. The number of halogens is 1. The molecule has 0 spiro atoms. The van der Waals surface area contributed by atoms with Gasteiger partial charge in [0.2, 0.25) is 0 Å². The third-order valence-corrected chi connectivity index (χ3v) is 4.30. The van der Waals surface area contributed by atoms with Gasteiger partial charge in [0.25, 0.3) is 0 Å². The number of aromatic carboxylic acids is 1. The normalized spacial score (nSPS) is 10.6. The van der Waals surface area contributed by atoms with Crippen LogP contribution < -0.4 is 10.1 Å². The van der Waals surface area contributed by atoms with Crippen LogP contribution in [0.5, 0.6) is 5.75 Å². The fraction of sp³-hybridized carbons (Fsp3) is 0.150. The van der Waals surface area contributed by atoms with Crippen molar-refractivity contribution in [2.24, 2.45) is 0 Å². The van der Waals surface area contributed by atoms with E-state index < -0.39 is 5.97 Å². The molecule has 0 atom stereocenters. The molecule has 3 aromatic carbocycles. The molecule has 3 rings (SSSR count). The lowest BCUT2D eigenvalue weighted by Crippen LogP contribution is -2.06. The van der Waals surface area contributed by atoms with E-state index in [9.17, 15) is 4.79 Å². The Hall–Kier alpha value is -2.72. The number of nitrogens with one attached hydrogen (secondary N) is 1. The molecule has 2 N–H and O–H groups in total. The van der Waals surface area contributed by atoms with Crippen LogP contribution in [0.1, 0.15) is 22.8 Å². The zero-order valence-electron chi connectivity index (χ0n) is 13.8. The Labute approximate surface area is 151 Å². The van der Waals surface area contributed by atoms with Gasteiger partial charge in [-0.3, -0.25) is 0 Å². The SMILES string of the molecule is CCOc1ccc2ccccc2c1CNc1cc(C(=O)O)ccc1Cl. The van der Waals surface area contributed by atoms with Gasteiger partial charge in [0.1, 0.15) is 5.75 Å². The van der Waals surface area contributed by atoms with Crippen LogP contribution in [0.4, 0.5) is 5.69 Å². The molecule has 0 radical (unpaired) electrons. The van der Waals surface area contributed by atoms with Crippen molar-refractivity contribution < 1.29 is 14.6 Å². The zero-order valence-corrected chi connectivity index (χ0v) is 14.5. The molecule has 4 nitrogen and oxygen atoms in total. The number of fused-ring (bicyclic) bond motifs is 1. The van der Waals surface area contributed by atoms with Gasteiger partial charge in [0.05, 0.1) is 22.9 Å². The summed E-state index contributed by atoms with van der Waals surface area (Å²) in [6.07, 6.45) is 0. The average Bonchev–Trinajstić information content (AvgIpc) is 2.62. The lowest BCUT2D eigenvalue weighted by Gasteiger charge is -2.15. The summed E-state index contributed by atoms with van der Waals surface area (Å²) < 4.78 is 5.76. The molecule has 0 amide bonds. The van der Waals surface area contributed by atoms with E-state index in [4.69, 9.17) is 21.4 Å². The average molecular weight is 356 g/mol. The topological polar surface area (TPSA) is 58.6 Å². The molecule has 0 aliphatic rings. The van der Waals surface area contributed by atoms with Crippen LogP contribution in [-0.2, 0) is 6.54 Å². The molecule has 3 aromatic rings. The number of hydrogen-bond acceptors (Lipinski definition) is 3. The third-order valence-electron chi connectivity index (χ3n) is 3.97. The molecule has 0 aromatic heterocycles. The smallest absolute Gasteiger partial charge is 0.335 e. The van der Waals surface area contributed by atoms with Crippen molar-refractivity contribution in [3.8, 4) is 5.75 Å². The molecule has 0 aliphatic heterocycles. The molecule has 0 heterocycles. The minimum absolute atomic E-state index is 0.190. The minimum Gasteiger partial charge on any atom is -0.494 e. The number of carbonyl (C=O) groups is 1. The van der Waals surface area contributed by atoms with E-state index in [-0.39, 0.29) is 5.56 Å². The Morgan fingerprint density at radius 1 is 1.16 bits per heavy atom. The molecule has 0 bridgehead atoms. The van der Waals surface area contributed by atoms with Crippen LogP contribution in [0.3, 0.4) is 0 Å². The Morgan fingerprint density at radius 3 is 2.72 bits per heavy atom. The fourth-order valence-corrected chi connectivity index (χ4v) is 2.95. The number of carboxylic acids is 1. The molecule has 0 saturated heterocycles. The maximum atomic E-state index is 11.2. The van der Waals surface area contributed by atoms with Crippen LogP contribution in [0.25, 0.3) is 10.8 Å². The second-order valence-electron chi connectivity index (χ2n) is 5.55. The van der Waals surface area contributed by atoms with Crippen LogP contribution in [-0.4, -0.2) is 17.7 Å². The van der Waals surface area contributed by atoms with Gasteiger partial charge in [-0.2, -0.15) is 0 Å². The lowest BCUT2D eigenvalue weighted by atomic mass is 10.0. The van der Waals surface area contributed by atoms with Gasteiger partial charge in [-0.05, 0) is 42.0 Å². The summed E-state index contributed by atoms with van der Waals surface area (Å²) >= 11 is 6.20. The summed E-state index contributed by atoms with van der Waals surface area (Å²) in [6.45, 7) is 2.99. The molecule has 0 unspecified atom stereocenters. The molecule has 0 saturated carbocycles. The predicted molar refractivity (Wildman–Crippen MR) is 101 cm³/mol. The van der Waals surface area contributed by atoms with E-state index in [1.165, 1.54) is 12.1 Å². The van der Waals surface area contributed by atoms with Gasteiger partial charge in [-0.15, -0.1) is 0 Å². The maximum Gasteiger partial charge on any atom is 0.335 e. The van der Waals surface area contributed by atoms with E-state index in [0.717, 1.165) is 22.1 Å². The number of ether oxygens (including phenoxy) is 1. The number of hydrogen-bond donors (Lipinski definition) is 2. The molecule has 0 fully saturated rings. The summed E-state index contributed by atoms with van der Waals surface area (Å²) in [5.74, 6) is -0.181. The molecule has 25 heavy (non-hydrogen) atoms. The first kappa shape index (κ1) is 17.1. The van der Waals surface area contributed by atoms with Crippen molar-refractivity contribution in [1.82, 2.24) is 0 Å². The molecular weight excluding hydrogens is 338 g/mol. The molecule has 5 heteroatoms. The highest BCUT2D eigenvalue weighted by Gasteiger charge is 2.11. The van der Waals surface area contributed by atoms with Crippen molar-refractivity contribution in [3.63, 3.8) is 0 Å². The highest BCUT2D eigenvalue weighted by Crippen LogP contribution is 2.30. The molecular formula is C20H18ClNO3. The monoisotopic (exact) mass is 355 g/mol. The van der Waals surface area contributed by atoms with E-state index in [1.54, 1.807) is 6.07 Å². The second kappa shape index (κ2) is 7.45. The number of anilines is 1. The van der Waals surface area contributed by atoms with Crippen LogP contribution >= 0.6 is 11.6 Å². The second-order valence-corrected chi connectivity index (χ2v) is 5.96. The summed E-state index contributed by atoms with van der Waals surface area (Å²) in [5, 5.41) is 15.1. The summed E-state index contributed by atoms with van der Waals surface area (Å²) in [4.78, 5) is 11.2. The summed E-state index contributed by atoms with van der Waals surface area (Å²) in [5.41, 5.74) is 1.78. The van der Waals surface area contributed by atoms with Gasteiger partial charge in [-0.1, -0.05) is 41.9 Å². The van der Waals surface area contributed by atoms with E-state index in [1.807, 2.05) is 43.3 Å². The number of rotatable bonds is 6. The van der Waals surface area contributed by atoms with Crippen LogP contribution in [0.2, 0.25) is 5.02 Å². The minimum atomic E-state index is -0.986. The summed E-state index contributed by atoms with van der Waals surface area (Å²) in [7, 11) is 0. The van der Waals surface area contributed by atoms with E-state index in [0.29, 0.717) is 23.9 Å². The van der Waals surface area contributed by atoms with Crippen molar-refractivity contribution in [1.29, 1.82) is 0 Å². The quantitative estimate of drug-likeness (QED) is 0.637. The maximum absolute atomic E-state index is 11.2. The van der Waals surface area contributed by atoms with Crippen molar-refractivity contribution >= 4 is 34.0 Å². The standard InChI is InChI=1S/C20H18ClNO3/c1-2-25-19-10-8-13-5-3-4-6-15(13)16(19)12-22-18-11-14(20(23)24)7-9-17(18)21/h3-11,22H,2,12H2,1H3,(H,23,24). The Bertz CT molecular complexity index is 924. The fourth-order valence-electron chi connectivity index (χ4n) is 2.77. The van der Waals surface area contributed by atoms with Gasteiger partial charge in [0, 0.05) is 12.1 Å². The first-order valence-electron chi connectivity index (χ1n) is 8.00. The van der Waals surface area contributed by atoms with Gasteiger partial charge in [0.15, 0.2) is 0 Å². The van der Waals surface area contributed by atoms with Gasteiger partial charge < -0.3 is 15.2 Å². The molecule has 128 valence electrons. The largest absolute Gasteiger partial charge is 0.494 e. The summed E-state index contributed by atoms with van der Waals surface area (Å²) in [6, 6.07) is 16.7. The Balaban J connectivity index is 1.96. The van der Waals surface area contributed by atoms with Crippen LogP contribution in [0, 0.1) is 0 Å². The Morgan fingerprint density at radius 2 is 1.96 bits per heavy atom. The van der Waals surface area contributed by atoms with Crippen molar-refractivity contribution in [3.05, 3.63) is 70.7 Å². The van der Waals surface area contributed by atoms with Crippen LogP contribution in [0.15, 0.2) is 54.6 Å². The lowest BCUT2D eigenvalue weighted by molar-refractivity contribution is 0.0697. The Kier molecular flexibility index (Phi) is 5.10. The highest BCUT2D eigenvalue weighted by molar-refractivity contribution is 6.33.